The Labute approximate surface area is 91.3 Å². The monoisotopic (exact) mass is 232 g/mol. The lowest BCUT2D eigenvalue weighted by Gasteiger charge is -2.09. The van der Waals surface area contributed by atoms with Gasteiger partial charge in [0, 0.05) is 24.4 Å². The molecule has 1 aromatic heterocycles. The van der Waals surface area contributed by atoms with E-state index in [1.165, 1.54) is 15.6 Å². The van der Waals surface area contributed by atoms with Crippen molar-refractivity contribution in [2.75, 3.05) is 6.54 Å². The van der Waals surface area contributed by atoms with E-state index in [9.17, 15) is 0 Å². The van der Waals surface area contributed by atoms with Gasteiger partial charge in [0.15, 0.2) is 0 Å². The summed E-state index contributed by atoms with van der Waals surface area (Å²) < 4.78 is 0. The van der Waals surface area contributed by atoms with Crippen LogP contribution in [0.3, 0.4) is 0 Å². The minimum atomic E-state index is 0.416. The van der Waals surface area contributed by atoms with Crippen LogP contribution in [-0.4, -0.2) is 11.5 Å². The van der Waals surface area contributed by atoms with Gasteiger partial charge in [0.05, 0.1) is 10.9 Å². The summed E-state index contributed by atoms with van der Waals surface area (Å²) in [6, 6.07) is 0. The average molecular weight is 232 g/mol. The number of aromatic nitrogens is 1. The van der Waals surface area contributed by atoms with Gasteiger partial charge in [0.25, 0.3) is 0 Å². The van der Waals surface area contributed by atoms with Crippen LogP contribution in [0.2, 0.25) is 0 Å². The first kappa shape index (κ1) is 9.83. The summed E-state index contributed by atoms with van der Waals surface area (Å²) in [5.74, 6) is 0. The molecule has 1 N–H and O–H groups in total. The molecule has 2 nitrogen and oxygen atoms in total. The van der Waals surface area contributed by atoms with E-state index < -0.39 is 0 Å². The molecule has 0 amide bonds. The molecule has 0 saturated heterocycles. The lowest BCUT2D eigenvalue weighted by molar-refractivity contribution is 0.642. The van der Waals surface area contributed by atoms with Crippen LogP contribution in [0, 0.1) is 0 Å². The zero-order valence-corrected chi connectivity index (χ0v) is 9.94. The quantitative estimate of drug-likeness (QED) is 0.605. The minimum absolute atomic E-state index is 0.416. The molecular formula is C8H12N2S3. The molecule has 1 atom stereocenters. The summed E-state index contributed by atoms with van der Waals surface area (Å²) in [6.07, 6.45) is 1.08. The van der Waals surface area contributed by atoms with Gasteiger partial charge in [-0.3, -0.25) is 0 Å². The Bertz CT molecular complexity index is 274. The molecule has 0 spiro atoms. The highest BCUT2D eigenvalue weighted by molar-refractivity contribution is 8.68. The van der Waals surface area contributed by atoms with Crippen molar-refractivity contribution in [3.63, 3.8) is 0 Å². The fourth-order valence-electron chi connectivity index (χ4n) is 1.36. The van der Waals surface area contributed by atoms with Crippen LogP contribution in [0.4, 0.5) is 0 Å². The largest absolute Gasteiger partial charge is 0.311 e. The highest BCUT2D eigenvalue weighted by Gasteiger charge is 2.17. The molecule has 0 saturated carbocycles. The van der Waals surface area contributed by atoms with Gasteiger partial charge in [-0.1, -0.05) is 10.8 Å². The summed E-state index contributed by atoms with van der Waals surface area (Å²) in [7, 11) is 1.56. The smallest absolute Gasteiger partial charge is 0.107 e. The molecular weight excluding hydrogens is 220 g/mol. The number of thiol groups is 1. The summed E-state index contributed by atoms with van der Waals surface area (Å²) in [5, 5.41) is 4.99. The first-order valence-electron chi connectivity index (χ1n) is 4.30. The van der Waals surface area contributed by atoms with Gasteiger partial charge in [-0.2, -0.15) is 0 Å². The van der Waals surface area contributed by atoms with Gasteiger partial charge in [0.1, 0.15) is 5.01 Å². The summed E-state index contributed by atoms with van der Waals surface area (Å²) in [4.78, 5) is 6.04. The van der Waals surface area contributed by atoms with Gasteiger partial charge < -0.3 is 5.32 Å². The van der Waals surface area contributed by atoms with Crippen molar-refractivity contribution in [2.45, 2.75) is 25.1 Å². The van der Waals surface area contributed by atoms with Crippen LogP contribution in [0.15, 0.2) is 0 Å². The van der Waals surface area contributed by atoms with Crippen molar-refractivity contribution >= 4 is 33.8 Å². The van der Waals surface area contributed by atoms with Crippen molar-refractivity contribution in [1.82, 2.24) is 10.3 Å². The molecule has 72 valence electrons. The first-order chi connectivity index (χ1) is 6.31. The van der Waals surface area contributed by atoms with E-state index in [1.54, 1.807) is 10.8 Å². The molecule has 1 aliphatic heterocycles. The van der Waals surface area contributed by atoms with Gasteiger partial charge in [0.2, 0.25) is 0 Å². The van der Waals surface area contributed by atoms with Crippen LogP contribution in [0.1, 0.15) is 27.8 Å². The van der Waals surface area contributed by atoms with Crippen LogP contribution >= 0.6 is 33.8 Å². The second-order valence-corrected chi connectivity index (χ2v) is 5.76. The van der Waals surface area contributed by atoms with E-state index in [2.05, 4.69) is 28.9 Å². The second kappa shape index (κ2) is 4.21. The Hall–Kier alpha value is 0.290. The van der Waals surface area contributed by atoms with Crippen LogP contribution in [-0.2, 0) is 13.0 Å². The third-order valence-electron chi connectivity index (χ3n) is 2.12. The van der Waals surface area contributed by atoms with Crippen molar-refractivity contribution in [1.29, 1.82) is 0 Å². The van der Waals surface area contributed by atoms with Crippen molar-refractivity contribution < 1.29 is 0 Å². The number of thiazole rings is 1. The molecule has 0 aliphatic carbocycles. The van der Waals surface area contributed by atoms with Crippen LogP contribution < -0.4 is 5.32 Å². The van der Waals surface area contributed by atoms with Crippen LogP contribution in [0.5, 0.6) is 0 Å². The normalized spacial score (nSPS) is 18.3. The SMILES string of the molecule is CC(SS)c1nc2c(s1)CNCC2. The lowest BCUT2D eigenvalue weighted by Crippen LogP contribution is -2.22. The van der Waals surface area contributed by atoms with E-state index in [0.717, 1.165) is 19.5 Å². The second-order valence-electron chi connectivity index (χ2n) is 3.10. The number of rotatable bonds is 2. The fourth-order valence-corrected chi connectivity index (χ4v) is 3.32. The maximum absolute atomic E-state index is 4.63. The predicted molar refractivity (Wildman–Crippen MR) is 62.5 cm³/mol. The Kier molecular flexibility index (Phi) is 3.18. The average Bonchev–Trinajstić information content (AvgIpc) is 2.59. The van der Waals surface area contributed by atoms with E-state index in [4.69, 9.17) is 0 Å². The summed E-state index contributed by atoms with van der Waals surface area (Å²) in [5.41, 5.74) is 1.30. The van der Waals surface area contributed by atoms with E-state index in [-0.39, 0.29) is 0 Å². The summed E-state index contributed by atoms with van der Waals surface area (Å²) >= 11 is 6.04. The molecule has 2 heterocycles. The Balaban J connectivity index is 2.25. The Morgan fingerprint density at radius 2 is 2.54 bits per heavy atom. The fraction of sp³-hybridized carbons (Fsp3) is 0.625. The number of nitrogens with one attached hydrogen (secondary N) is 1. The topological polar surface area (TPSA) is 24.9 Å². The van der Waals surface area contributed by atoms with Gasteiger partial charge in [-0.15, -0.1) is 23.0 Å². The van der Waals surface area contributed by atoms with Gasteiger partial charge in [-0.25, -0.2) is 4.98 Å². The number of hydrogen-bond donors (Lipinski definition) is 2. The molecule has 0 bridgehead atoms. The minimum Gasteiger partial charge on any atom is -0.311 e. The van der Waals surface area contributed by atoms with Gasteiger partial charge in [-0.05, 0) is 6.92 Å². The van der Waals surface area contributed by atoms with E-state index in [0.29, 0.717) is 5.25 Å². The highest BCUT2D eigenvalue weighted by atomic mass is 33.1. The Morgan fingerprint density at radius 1 is 1.69 bits per heavy atom. The molecule has 0 fully saturated rings. The number of nitrogens with zero attached hydrogens (tertiary/aromatic N) is 1. The van der Waals surface area contributed by atoms with Crippen molar-refractivity contribution in [3.05, 3.63) is 15.6 Å². The molecule has 2 rings (SSSR count). The zero-order valence-electron chi connectivity index (χ0n) is 7.41. The molecule has 1 aromatic rings. The molecule has 0 radical (unpaired) electrons. The van der Waals surface area contributed by atoms with Crippen LogP contribution in [0.25, 0.3) is 0 Å². The highest BCUT2D eigenvalue weighted by Crippen LogP contribution is 2.35. The van der Waals surface area contributed by atoms with Crippen molar-refractivity contribution in [3.8, 4) is 0 Å². The van der Waals surface area contributed by atoms with E-state index >= 15 is 0 Å². The van der Waals surface area contributed by atoms with E-state index in [1.807, 2.05) is 11.3 Å². The zero-order chi connectivity index (χ0) is 9.26. The number of hydrogen-bond acceptors (Lipinski definition) is 5. The lowest BCUT2D eigenvalue weighted by atomic mass is 10.2. The van der Waals surface area contributed by atoms with Gasteiger partial charge >= 0.3 is 0 Å². The maximum atomic E-state index is 4.63. The molecule has 1 aliphatic rings. The third-order valence-corrected chi connectivity index (χ3v) is 5.04. The molecule has 1 unspecified atom stereocenters. The molecule has 0 aromatic carbocycles. The Morgan fingerprint density at radius 3 is 3.23 bits per heavy atom. The molecule has 13 heavy (non-hydrogen) atoms. The first-order valence-corrected chi connectivity index (χ1v) is 7.05. The maximum Gasteiger partial charge on any atom is 0.107 e. The predicted octanol–water partition coefficient (Wildman–Crippen LogP) is 2.43. The van der Waals surface area contributed by atoms with Crippen molar-refractivity contribution in [2.24, 2.45) is 0 Å². The number of fused-ring (bicyclic) bond motifs is 1. The summed E-state index contributed by atoms with van der Waals surface area (Å²) in [6.45, 7) is 4.21. The third kappa shape index (κ3) is 2.03. The standard InChI is InChI=1S/C8H12N2S3/c1-5(13-11)8-10-6-2-3-9-4-7(6)12-8/h5,9,11H,2-4H2,1H3. The molecule has 5 heteroatoms.